The molecule has 4 rings (SSSR count). The van der Waals surface area contributed by atoms with Crippen LogP contribution in [0.1, 0.15) is 19.3 Å². The summed E-state index contributed by atoms with van der Waals surface area (Å²) in [5, 5.41) is 5.86. The van der Waals surface area contributed by atoms with Gasteiger partial charge in [0.15, 0.2) is 0 Å². The molecule has 11 heteroatoms. The Labute approximate surface area is 153 Å². The average molecular weight is 406 g/mol. The molecule has 6 nitrogen and oxygen atoms in total. The fourth-order valence-electron chi connectivity index (χ4n) is 3.51. The summed E-state index contributed by atoms with van der Waals surface area (Å²) in [5.41, 5.74) is 0.236. The van der Waals surface area contributed by atoms with Crippen LogP contribution in [0.5, 0.6) is 0 Å². The predicted octanol–water partition coefficient (Wildman–Crippen LogP) is 2.48. The van der Waals surface area contributed by atoms with Crippen LogP contribution in [-0.4, -0.2) is 46.1 Å². The van der Waals surface area contributed by atoms with Crippen molar-refractivity contribution in [3.63, 3.8) is 0 Å². The van der Waals surface area contributed by atoms with Crippen LogP contribution in [0.15, 0.2) is 21.4 Å². The first-order valence-electron chi connectivity index (χ1n) is 8.63. The molecular weight excluding hydrogens is 388 g/mol. The van der Waals surface area contributed by atoms with Crippen molar-refractivity contribution < 1.29 is 26.0 Å². The van der Waals surface area contributed by atoms with Crippen molar-refractivity contribution in [1.82, 2.24) is 5.32 Å². The molecule has 148 valence electrons. The van der Waals surface area contributed by atoms with Gasteiger partial charge in [0.05, 0.1) is 23.8 Å². The number of nitrogens with one attached hydrogen (secondary N) is 2. The van der Waals surface area contributed by atoms with Gasteiger partial charge in [0, 0.05) is 25.6 Å². The molecule has 27 heavy (non-hydrogen) atoms. The lowest BCUT2D eigenvalue weighted by atomic mass is 10.1. The summed E-state index contributed by atoms with van der Waals surface area (Å²) < 4.78 is 81.9. The van der Waals surface area contributed by atoms with Crippen LogP contribution in [0.25, 0.3) is 0 Å². The lowest BCUT2D eigenvalue weighted by molar-refractivity contribution is -0.138. The van der Waals surface area contributed by atoms with E-state index in [1.165, 1.54) is 4.90 Å². The number of nitrogens with zero attached hydrogens (tertiary/aromatic N) is 2. The second-order valence-electron chi connectivity index (χ2n) is 7.02. The number of alkyl halides is 3. The first kappa shape index (κ1) is 18.5. The third-order valence-electron chi connectivity index (χ3n) is 4.89. The molecular formula is C16H18F4N4O2S. The van der Waals surface area contributed by atoms with E-state index in [0.717, 1.165) is 25.0 Å². The third kappa shape index (κ3) is 3.75. The molecule has 0 spiro atoms. The number of piperazine rings is 1. The maximum Gasteiger partial charge on any atom is 0.391 e. The molecule has 1 saturated carbocycles. The quantitative estimate of drug-likeness (QED) is 0.755. The molecule has 2 N–H and O–H groups in total. The highest BCUT2D eigenvalue weighted by molar-refractivity contribution is 7.90. The zero-order chi connectivity index (χ0) is 19.4. The number of rotatable bonds is 3. The number of sulfonamides is 1. The number of halogens is 4. The molecule has 1 aliphatic carbocycles. The molecule has 3 aliphatic rings. The summed E-state index contributed by atoms with van der Waals surface area (Å²) in [7, 11) is -4.11. The Morgan fingerprint density at radius 2 is 2.00 bits per heavy atom. The maximum atomic E-state index is 14.2. The third-order valence-corrected chi connectivity index (χ3v) is 6.20. The molecule has 0 aromatic heterocycles. The van der Waals surface area contributed by atoms with Crippen LogP contribution in [0.4, 0.5) is 28.9 Å². The van der Waals surface area contributed by atoms with E-state index in [4.69, 9.17) is 0 Å². The Bertz CT molecular complexity index is 896. The Morgan fingerprint density at radius 3 is 2.67 bits per heavy atom. The summed E-state index contributed by atoms with van der Waals surface area (Å²) in [6.07, 6.45) is -3.90. The normalized spacial score (nSPS) is 24.8. The Hall–Kier alpha value is -1.88. The fraction of sp³-hybridized carbons (Fsp3) is 0.562. The molecule has 2 heterocycles. The Balaban J connectivity index is 1.79. The minimum Gasteiger partial charge on any atom is -0.364 e. The smallest absolute Gasteiger partial charge is 0.364 e. The van der Waals surface area contributed by atoms with E-state index in [1.807, 2.05) is 0 Å². The van der Waals surface area contributed by atoms with Gasteiger partial charge >= 0.3 is 6.18 Å². The molecule has 0 radical (unpaired) electrons. The molecule has 1 atom stereocenters. The number of benzene rings is 1. The minimum absolute atomic E-state index is 0.0141. The summed E-state index contributed by atoms with van der Waals surface area (Å²) >= 11 is 0. The zero-order valence-electron chi connectivity index (χ0n) is 14.2. The second kappa shape index (κ2) is 6.33. The van der Waals surface area contributed by atoms with E-state index in [2.05, 4.69) is 15.0 Å². The summed E-state index contributed by atoms with van der Waals surface area (Å²) in [6.45, 7) is 0.686. The van der Waals surface area contributed by atoms with Crippen LogP contribution < -0.4 is 15.5 Å². The molecule has 2 aliphatic heterocycles. The van der Waals surface area contributed by atoms with Gasteiger partial charge < -0.3 is 15.5 Å². The van der Waals surface area contributed by atoms with Crippen LogP contribution in [0.2, 0.25) is 0 Å². The van der Waals surface area contributed by atoms with Gasteiger partial charge in [-0.15, -0.1) is 4.40 Å². The first-order valence-corrected chi connectivity index (χ1v) is 10.1. The van der Waals surface area contributed by atoms with Crippen molar-refractivity contribution in [2.24, 2.45) is 10.3 Å². The highest BCUT2D eigenvalue weighted by atomic mass is 32.2. The van der Waals surface area contributed by atoms with E-state index in [9.17, 15) is 26.0 Å². The predicted molar refractivity (Wildman–Crippen MR) is 92.0 cm³/mol. The molecule has 0 unspecified atom stereocenters. The van der Waals surface area contributed by atoms with Crippen molar-refractivity contribution in [3.05, 3.63) is 17.9 Å². The van der Waals surface area contributed by atoms with Crippen molar-refractivity contribution in [1.29, 1.82) is 0 Å². The Morgan fingerprint density at radius 1 is 1.26 bits per heavy atom. The SMILES string of the molecule is O=S1(=O)N=C(C2CC2)Nc2c(N3CCNC[C@@H]3CC(F)(F)F)cc(F)cc21. The molecule has 2 fully saturated rings. The van der Waals surface area contributed by atoms with E-state index < -0.39 is 34.5 Å². The number of fused-ring (bicyclic) bond motifs is 1. The maximum absolute atomic E-state index is 14.2. The van der Waals surface area contributed by atoms with Gasteiger partial charge in [0.2, 0.25) is 0 Å². The van der Waals surface area contributed by atoms with E-state index in [-0.39, 0.29) is 41.1 Å². The standard InChI is InChI=1S/C16H18F4N4O2S/c17-10-5-12(24-4-3-21-8-11(24)7-16(18,19)20)14-13(6-10)27(25,26)23-15(22-14)9-1-2-9/h5-6,9,11,21H,1-4,7-8H2,(H,22,23)/t11-/m0/s1. The van der Waals surface area contributed by atoms with Crippen molar-refractivity contribution in [2.75, 3.05) is 29.9 Å². The van der Waals surface area contributed by atoms with Gasteiger partial charge in [0.25, 0.3) is 10.0 Å². The van der Waals surface area contributed by atoms with Crippen molar-refractivity contribution in [2.45, 2.75) is 36.4 Å². The lowest BCUT2D eigenvalue weighted by Gasteiger charge is -2.40. The van der Waals surface area contributed by atoms with Crippen LogP contribution in [0, 0.1) is 11.7 Å². The lowest BCUT2D eigenvalue weighted by Crippen LogP contribution is -2.53. The van der Waals surface area contributed by atoms with Crippen LogP contribution in [0.3, 0.4) is 0 Å². The summed E-state index contributed by atoms with van der Waals surface area (Å²) in [5.74, 6) is -0.568. The first-order chi connectivity index (χ1) is 12.6. The Kier molecular flexibility index (Phi) is 4.34. The van der Waals surface area contributed by atoms with Gasteiger partial charge in [-0.2, -0.15) is 21.6 Å². The average Bonchev–Trinajstić information content (AvgIpc) is 3.38. The zero-order valence-corrected chi connectivity index (χ0v) is 15.0. The van der Waals surface area contributed by atoms with Gasteiger partial charge in [0.1, 0.15) is 16.5 Å². The topological polar surface area (TPSA) is 73.8 Å². The molecule has 1 saturated heterocycles. The van der Waals surface area contributed by atoms with E-state index in [0.29, 0.717) is 6.54 Å². The van der Waals surface area contributed by atoms with Crippen LogP contribution >= 0.6 is 0 Å². The molecule has 0 bridgehead atoms. The molecule has 0 amide bonds. The van der Waals surface area contributed by atoms with Gasteiger partial charge in [-0.3, -0.25) is 0 Å². The summed E-state index contributed by atoms with van der Waals surface area (Å²) in [6, 6.07) is 0.985. The number of hydrogen-bond donors (Lipinski definition) is 2. The van der Waals surface area contributed by atoms with Crippen molar-refractivity contribution in [3.8, 4) is 0 Å². The van der Waals surface area contributed by atoms with Crippen LogP contribution in [-0.2, 0) is 10.0 Å². The van der Waals surface area contributed by atoms with Gasteiger partial charge in [-0.05, 0) is 25.0 Å². The highest BCUT2D eigenvalue weighted by Crippen LogP contribution is 2.42. The van der Waals surface area contributed by atoms with E-state index >= 15 is 0 Å². The highest BCUT2D eigenvalue weighted by Gasteiger charge is 2.40. The molecule has 1 aromatic carbocycles. The van der Waals surface area contributed by atoms with E-state index in [1.54, 1.807) is 0 Å². The second-order valence-corrected chi connectivity index (χ2v) is 8.59. The summed E-state index contributed by atoms with van der Waals surface area (Å²) in [4.78, 5) is 1.09. The monoisotopic (exact) mass is 406 g/mol. The van der Waals surface area contributed by atoms with Gasteiger partial charge in [-0.1, -0.05) is 0 Å². The van der Waals surface area contributed by atoms with Crippen molar-refractivity contribution >= 4 is 27.2 Å². The number of anilines is 2. The van der Waals surface area contributed by atoms with Gasteiger partial charge in [-0.25, -0.2) is 4.39 Å². The minimum atomic E-state index is -4.39. The largest absolute Gasteiger partial charge is 0.391 e. The number of amidine groups is 1. The fourth-order valence-corrected chi connectivity index (χ4v) is 4.74. The molecule has 1 aromatic rings. The number of hydrogen-bond acceptors (Lipinski definition) is 5.